The first-order valence-electron chi connectivity index (χ1n) is 18.4. The number of esters is 1. The molecule has 0 radical (unpaired) electrons. The molecule has 3 heterocycles. The fourth-order valence-electron chi connectivity index (χ4n) is 8.51. The lowest BCUT2D eigenvalue weighted by Crippen LogP contribution is -2.55. The first-order chi connectivity index (χ1) is 24.5. The molecule has 0 saturated carbocycles. The maximum atomic E-state index is 14.6. The molecule has 6 rings (SSSR count). The van der Waals surface area contributed by atoms with E-state index in [9.17, 15) is 9.59 Å². The summed E-state index contributed by atoms with van der Waals surface area (Å²) in [5, 5.41) is 0. The van der Waals surface area contributed by atoms with Gasteiger partial charge in [-0.15, -0.1) is 0 Å². The van der Waals surface area contributed by atoms with Crippen LogP contribution in [0.2, 0.25) is 0 Å². The van der Waals surface area contributed by atoms with Crippen molar-refractivity contribution in [2.75, 3.05) is 45.4 Å². The molecule has 1 spiro atoms. The molecule has 0 aliphatic carbocycles. The normalized spacial score (nSPS) is 23.1. The largest absolute Gasteiger partial charge is 0.504 e. The molecule has 8 nitrogen and oxygen atoms in total. The molecule has 3 aliphatic rings. The second-order valence-electron chi connectivity index (χ2n) is 13.9. The number of hydrogen-bond donors (Lipinski definition) is 0. The van der Waals surface area contributed by atoms with Gasteiger partial charge in [0, 0.05) is 24.8 Å². The number of carbonyl (C=O) groups is 2. The quantitative estimate of drug-likeness (QED) is 0.0664. The third kappa shape index (κ3) is 7.41. The Morgan fingerprint density at radius 1 is 0.880 bits per heavy atom. The SMILES string of the molecule is CC[C@H]1CN2CC[C@]3(C(=O)N(CCCCCCCOc4ccc(OCc5ccccc5)cc4)c4ccccc43)C2C[C@@H]1/C(=C\OC)C(=O)OC. The van der Waals surface area contributed by atoms with Crippen LogP contribution < -0.4 is 14.4 Å². The molecule has 266 valence electrons. The van der Waals surface area contributed by atoms with Gasteiger partial charge in [-0.2, -0.15) is 0 Å². The highest BCUT2D eigenvalue weighted by molar-refractivity contribution is 6.09. The van der Waals surface area contributed by atoms with Crippen LogP contribution in [-0.2, 0) is 31.1 Å². The van der Waals surface area contributed by atoms with Crippen LogP contribution in [0.4, 0.5) is 5.69 Å². The molecule has 0 aromatic heterocycles. The highest BCUT2D eigenvalue weighted by Crippen LogP contribution is 2.55. The molecule has 3 aromatic rings. The summed E-state index contributed by atoms with van der Waals surface area (Å²) in [5.41, 5.74) is 3.33. The zero-order valence-electron chi connectivity index (χ0n) is 29.9. The Kier molecular flexibility index (Phi) is 11.8. The van der Waals surface area contributed by atoms with Crippen molar-refractivity contribution >= 4 is 17.6 Å². The van der Waals surface area contributed by atoms with E-state index in [1.165, 1.54) is 7.11 Å². The number of amides is 1. The summed E-state index contributed by atoms with van der Waals surface area (Å²) >= 11 is 0. The van der Waals surface area contributed by atoms with E-state index in [2.05, 4.69) is 47.1 Å². The van der Waals surface area contributed by atoms with Crippen molar-refractivity contribution in [1.29, 1.82) is 0 Å². The average Bonchev–Trinajstić information content (AvgIpc) is 3.65. The smallest absolute Gasteiger partial charge is 0.337 e. The highest BCUT2D eigenvalue weighted by atomic mass is 16.5. The number of rotatable bonds is 16. The third-order valence-electron chi connectivity index (χ3n) is 11.1. The molecule has 0 bridgehead atoms. The number of fused-ring (bicyclic) bond motifs is 4. The van der Waals surface area contributed by atoms with Gasteiger partial charge < -0.3 is 23.8 Å². The van der Waals surface area contributed by atoms with Crippen LogP contribution >= 0.6 is 0 Å². The van der Waals surface area contributed by atoms with Crippen molar-refractivity contribution < 1.29 is 28.5 Å². The summed E-state index contributed by atoms with van der Waals surface area (Å²) in [4.78, 5) is 32.0. The maximum Gasteiger partial charge on any atom is 0.337 e. The summed E-state index contributed by atoms with van der Waals surface area (Å²) in [6.45, 7) is 5.87. The van der Waals surface area contributed by atoms with Gasteiger partial charge in [-0.3, -0.25) is 9.69 Å². The molecule has 1 amide bonds. The standard InChI is InChI=1S/C42H52N2O6/c1-4-32-28-43-25-23-42(39(43)27-35(32)36(30-47-2)40(45)48-3)37-17-11-12-18-38(37)44(41(42)46)24-13-6-5-7-14-26-49-33-19-21-34(22-20-33)50-29-31-15-9-8-10-16-31/h8-12,15-22,30,32,35,39H,4-7,13-14,23-29H2,1-3H3/b36-30+/t32-,35-,39?,42+/m0/s1. The maximum absolute atomic E-state index is 14.6. The molecular weight excluding hydrogens is 628 g/mol. The number of piperidine rings is 1. The Morgan fingerprint density at radius 2 is 1.58 bits per heavy atom. The molecule has 2 fully saturated rings. The first-order valence-corrected chi connectivity index (χ1v) is 18.4. The number of ether oxygens (including phenoxy) is 4. The van der Waals surface area contributed by atoms with E-state index in [0.29, 0.717) is 24.7 Å². The number of para-hydroxylation sites is 1. The van der Waals surface area contributed by atoms with Crippen LogP contribution in [-0.4, -0.2) is 63.3 Å². The molecular formula is C42H52N2O6. The van der Waals surface area contributed by atoms with Crippen LogP contribution in [0.15, 0.2) is 90.7 Å². The number of unbranched alkanes of at least 4 members (excludes halogenated alkanes) is 4. The first kappa shape index (κ1) is 35.5. The summed E-state index contributed by atoms with van der Waals surface area (Å²) in [6, 6.07) is 26.4. The van der Waals surface area contributed by atoms with Crippen molar-refractivity contribution in [3.8, 4) is 11.5 Å². The molecule has 50 heavy (non-hydrogen) atoms. The Hall–Kier alpha value is -4.30. The number of benzene rings is 3. The fraction of sp³-hybridized carbons (Fsp3) is 0.476. The second kappa shape index (κ2) is 16.6. The van der Waals surface area contributed by atoms with Gasteiger partial charge in [0.05, 0.1) is 38.1 Å². The predicted octanol–water partition coefficient (Wildman–Crippen LogP) is 7.70. The summed E-state index contributed by atoms with van der Waals surface area (Å²) in [7, 11) is 2.99. The Labute approximate surface area is 297 Å². The van der Waals surface area contributed by atoms with Gasteiger partial charge >= 0.3 is 5.97 Å². The van der Waals surface area contributed by atoms with E-state index >= 15 is 0 Å². The second-order valence-corrected chi connectivity index (χ2v) is 13.9. The van der Waals surface area contributed by atoms with Gasteiger partial charge in [0.2, 0.25) is 5.91 Å². The van der Waals surface area contributed by atoms with E-state index < -0.39 is 5.41 Å². The lowest BCUT2D eigenvalue weighted by atomic mass is 9.67. The minimum atomic E-state index is -0.592. The van der Waals surface area contributed by atoms with Gasteiger partial charge in [0.15, 0.2) is 0 Å². The van der Waals surface area contributed by atoms with Crippen molar-refractivity contribution in [2.45, 2.75) is 76.4 Å². The highest BCUT2D eigenvalue weighted by Gasteiger charge is 2.62. The van der Waals surface area contributed by atoms with Gasteiger partial charge in [0.25, 0.3) is 0 Å². The predicted molar refractivity (Wildman–Crippen MR) is 195 cm³/mol. The van der Waals surface area contributed by atoms with Crippen molar-refractivity contribution in [3.05, 3.63) is 102 Å². The van der Waals surface area contributed by atoms with E-state index in [1.807, 2.05) is 48.5 Å². The summed E-state index contributed by atoms with van der Waals surface area (Å²) in [6.07, 6.45) is 9.22. The zero-order valence-corrected chi connectivity index (χ0v) is 29.9. The minimum Gasteiger partial charge on any atom is -0.504 e. The third-order valence-corrected chi connectivity index (χ3v) is 11.1. The number of methoxy groups -OCH3 is 2. The van der Waals surface area contributed by atoms with E-state index in [4.69, 9.17) is 18.9 Å². The Bertz CT molecular complexity index is 1610. The molecule has 2 saturated heterocycles. The summed E-state index contributed by atoms with van der Waals surface area (Å²) < 4.78 is 22.4. The fourth-order valence-corrected chi connectivity index (χ4v) is 8.51. The molecule has 1 unspecified atom stereocenters. The lowest BCUT2D eigenvalue weighted by molar-refractivity contribution is -0.137. The minimum absolute atomic E-state index is 0.0249. The zero-order chi connectivity index (χ0) is 34.9. The molecule has 3 aromatic carbocycles. The average molecular weight is 681 g/mol. The van der Waals surface area contributed by atoms with Gasteiger partial charge in [-0.1, -0.05) is 81.1 Å². The van der Waals surface area contributed by atoms with E-state index in [1.54, 1.807) is 13.4 Å². The Morgan fingerprint density at radius 3 is 2.32 bits per heavy atom. The van der Waals surface area contributed by atoms with Crippen molar-refractivity contribution in [1.82, 2.24) is 4.90 Å². The van der Waals surface area contributed by atoms with Gasteiger partial charge in [-0.05, 0) is 85.5 Å². The number of anilines is 1. The van der Waals surface area contributed by atoms with Gasteiger partial charge in [-0.25, -0.2) is 4.79 Å². The molecule has 8 heteroatoms. The number of hydrogen-bond acceptors (Lipinski definition) is 7. The Balaban J connectivity index is 0.992. The van der Waals surface area contributed by atoms with Crippen molar-refractivity contribution in [2.24, 2.45) is 11.8 Å². The van der Waals surface area contributed by atoms with Crippen LogP contribution in [0.3, 0.4) is 0 Å². The molecule has 4 atom stereocenters. The number of carbonyl (C=O) groups excluding carboxylic acids is 2. The summed E-state index contributed by atoms with van der Waals surface area (Å²) in [5.74, 6) is 1.83. The van der Waals surface area contributed by atoms with Crippen LogP contribution in [0, 0.1) is 11.8 Å². The van der Waals surface area contributed by atoms with Crippen LogP contribution in [0.1, 0.15) is 69.4 Å². The lowest BCUT2D eigenvalue weighted by Gasteiger charge is -2.45. The van der Waals surface area contributed by atoms with E-state index in [0.717, 1.165) is 99.3 Å². The van der Waals surface area contributed by atoms with E-state index in [-0.39, 0.29) is 23.8 Å². The molecule has 0 N–H and O–H groups in total. The molecule has 3 aliphatic heterocycles. The number of nitrogens with zero attached hydrogens (tertiary/aromatic N) is 2. The van der Waals surface area contributed by atoms with Crippen LogP contribution in [0.25, 0.3) is 0 Å². The van der Waals surface area contributed by atoms with Gasteiger partial charge in [0.1, 0.15) is 18.1 Å². The topological polar surface area (TPSA) is 77.5 Å². The van der Waals surface area contributed by atoms with Crippen molar-refractivity contribution in [3.63, 3.8) is 0 Å². The van der Waals surface area contributed by atoms with Crippen LogP contribution in [0.5, 0.6) is 11.5 Å². The monoisotopic (exact) mass is 680 g/mol.